The number of carbonyl (C=O) groups is 2. The maximum absolute atomic E-state index is 11.5. The number of carbonyl (C=O) groups excluding carboxylic acids is 2. The van der Waals surface area contributed by atoms with Crippen molar-refractivity contribution in [2.75, 3.05) is 13.3 Å². The van der Waals surface area contributed by atoms with Gasteiger partial charge in [-0.2, -0.15) is 0 Å². The van der Waals surface area contributed by atoms with Gasteiger partial charge in [0.2, 0.25) is 18.6 Å². The fraction of sp³-hybridized carbons (Fsp3) is 0.385. The Morgan fingerprint density at radius 2 is 1.84 bits per heavy atom. The zero-order chi connectivity index (χ0) is 13.4. The van der Waals surface area contributed by atoms with Crippen molar-refractivity contribution in [1.82, 2.24) is 4.90 Å². The third kappa shape index (κ3) is 2.15. The monoisotopic (exact) mass is 263 g/mol. The summed E-state index contributed by atoms with van der Waals surface area (Å²) < 4.78 is 10.4. The molecule has 0 spiro atoms. The number of β-amino-alcohol motifs (C(OH)–C–C–N with tert-alkyl or cyclic N) is 1. The number of hydrogen-bond acceptors (Lipinski definition) is 5. The molecule has 100 valence electrons. The normalized spacial score (nSPS) is 19.1. The molecule has 1 fully saturated rings. The van der Waals surface area contributed by atoms with Gasteiger partial charge in [0.1, 0.15) is 0 Å². The van der Waals surface area contributed by atoms with Crippen molar-refractivity contribution >= 4 is 11.8 Å². The summed E-state index contributed by atoms with van der Waals surface area (Å²) in [5.41, 5.74) is 0.594. The number of rotatable bonds is 3. The van der Waals surface area contributed by atoms with Gasteiger partial charge in [0, 0.05) is 12.8 Å². The van der Waals surface area contributed by atoms with Crippen molar-refractivity contribution < 1.29 is 24.2 Å². The predicted molar refractivity (Wildman–Crippen MR) is 63.5 cm³/mol. The number of nitrogens with zero attached hydrogens (tertiary/aromatic N) is 1. The Morgan fingerprint density at radius 1 is 1.16 bits per heavy atom. The van der Waals surface area contributed by atoms with Gasteiger partial charge in [-0.15, -0.1) is 0 Å². The summed E-state index contributed by atoms with van der Waals surface area (Å²) in [5, 5.41) is 10.1. The van der Waals surface area contributed by atoms with Crippen molar-refractivity contribution in [3.63, 3.8) is 0 Å². The van der Waals surface area contributed by atoms with Crippen molar-refractivity contribution in [3.05, 3.63) is 23.8 Å². The zero-order valence-corrected chi connectivity index (χ0v) is 10.2. The number of benzene rings is 1. The van der Waals surface area contributed by atoms with Crippen LogP contribution < -0.4 is 9.47 Å². The highest BCUT2D eigenvalue weighted by atomic mass is 16.7. The molecule has 1 N–H and O–H groups in total. The molecule has 0 radical (unpaired) electrons. The lowest BCUT2D eigenvalue weighted by atomic mass is 10.1. The highest BCUT2D eigenvalue weighted by molar-refractivity contribution is 6.01. The number of likely N-dealkylation sites (tertiary alicyclic amines) is 1. The smallest absolute Gasteiger partial charge is 0.231 e. The van der Waals surface area contributed by atoms with Gasteiger partial charge in [0.15, 0.2) is 11.5 Å². The van der Waals surface area contributed by atoms with E-state index in [1.807, 2.05) is 0 Å². The summed E-state index contributed by atoms with van der Waals surface area (Å²) in [6.07, 6.45) is -0.458. The molecule has 1 unspecified atom stereocenters. The van der Waals surface area contributed by atoms with Crippen LogP contribution in [0.1, 0.15) is 24.5 Å². The Labute approximate surface area is 109 Å². The molecule has 19 heavy (non-hydrogen) atoms. The van der Waals surface area contributed by atoms with E-state index in [1.54, 1.807) is 18.2 Å². The highest BCUT2D eigenvalue weighted by Crippen LogP contribution is 2.34. The molecule has 0 aliphatic carbocycles. The van der Waals surface area contributed by atoms with Gasteiger partial charge in [-0.3, -0.25) is 14.5 Å². The number of amides is 2. The maximum Gasteiger partial charge on any atom is 0.231 e. The van der Waals surface area contributed by atoms with Crippen LogP contribution in [-0.4, -0.2) is 35.2 Å². The van der Waals surface area contributed by atoms with Crippen LogP contribution in [0.3, 0.4) is 0 Å². The van der Waals surface area contributed by atoms with E-state index >= 15 is 0 Å². The van der Waals surface area contributed by atoms with Gasteiger partial charge >= 0.3 is 0 Å². The summed E-state index contributed by atoms with van der Waals surface area (Å²) >= 11 is 0. The van der Waals surface area contributed by atoms with Gasteiger partial charge in [-0.05, 0) is 17.7 Å². The molecule has 1 aromatic rings. The number of ether oxygens (including phenoxy) is 2. The molecule has 2 heterocycles. The lowest BCUT2D eigenvalue weighted by Gasteiger charge is -2.18. The van der Waals surface area contributed by atoms with Crippen LogP contribution in [0.5, 0.6) is 11.5 Å². The van der Waals surface area contributed by atoms with Gasteiger partial charge < -0.3 is 14.6 Å². The van der Waals surface area contributed by atoms with Crippen LogP contribution in [0.4, 0.5) is 0 Å². The van der Waals surface area contributed by atoms with Crippen molar-refractivity contribution in [1.29, 1.82) is 0 Å². The van der Waals surface area contributed by atoms with E-state index in [2.05, 4.69) is 0 Å². The third-order valence-corrected chi connectivity index (χ3v) is 3.29. The SMILES string of the molecule is O=C1CCC(=O)N1CC(O)c1ccc2c(c1)OCO2. The molecule has 1 atom stereocenters. The van der Waals surface area contributed by atoms with Crippen LogP contribution in [0.25, 0.3) is 0 Å². The Bertz CT molecular complexity index is 526. The fourth-order valence-corrected chi connectivity index (χ4v) is 2.23. The van der Waals surface area contributed by atoms with Crippen LogP contribution in [-0.2, 0) is 9.59 Å². The van der Waals surface area contributed by atoms with Crippen LogP contribution >= 0.6 is 0 Å². The molecule has 6 nitrogen and oxygen atoms in total. The van der Waals surface area contributed by atoms with Crippen molar-refractivity contribution in [2.24, 2.45) is 0 Å². The molecule has 3 rings (SSSR count). The first-order valence-electron chi connectivity index (χ1n) is 6.06. The Hall–Kier alpha value is -2.08. The molecular formula is C13H13NO5. The molecule has 1 aromatic carbocycles. The minimum absolute atomic E-state index is 0.0166. The lowest BCUT2D eigenvalue weighted by Crippen LogP contribution is -2.33. The second kappa shape index (κ2) is 4.55. The quantitative estimate of drug-likeness (QED) is 0.808. The van der Waals surface area contributed by atoms with Crippen LogP contribution in [0.15, 0.2) is 18.2 Å². The molecule has 2 amide bonds. The second-order valence-corrected chi connectivity index (χ2v) is 4.53. The zero-order valence-electron chi connectivity index (χ0n) is 10.2. The van der Waals surface area contributed by atoms with Crippen LogP contribution in [0, 0.1) is 0 Å². The number of aliphatic hydroxyl groups is 1. The van der Waals surface area contributed by atoms with Gasteiger partial charge in [-0.25, -0.2) is 0 Å². The fourth-order valence-electron chi connectivity index (χ4n) is 2.23. The highest BCUT2D eigenvalue weighted by Gasteiger charge is 2.31. The number of aliphatic hydroxyl groups excluding tert-OH is 1. The first-order chi connectivity index (χ1) is 9.15. The molecule has 1 saturated heterocycles. The van der Waals surface area contributed by atoms with E-state index in [4.69, 9.17) is 9.47 Å². The third-order valence-electron chi connectivity index (χ3n) is 3.29. The molecule has 0 saturated carbocycles. The molecule has 0 aromatic heterocycles. The number of hydrogen-bond donors (Lipinski definition) is 1. The minimum Gasteiger partial charge on any atom is -0.454 e. The predicted octanol–water partition coefficient (Wildman–Crippen LogP) is 0.598. The number of imide groups is 1. The minimum atomic E-state index is -0.916. The summed E-state index contributed by atoms with van der Waals surface area (Å²) in [6, 6.07) is 5.07. The Morgan fingerprint density at radius 3 is 2.58 bits per heavy atom. The summed E-state index contributed by atoms with van der Waals surface area (Å²) in [7, 11) is 0. The summed E-state index contributed by atoms with van der Waals surface area (Å²) in [4.78, 5) is 24.1. The average molecular weight is 263 g/mol. The molecule has 0 bridgehead atoms. The van der Waals surface area contributed by atoms with E-state index in [1.165, 1.54) is 0 Å². The maximum atomic E-state index is 11.5. The lowest BCUT2D eigenvalue weighted by molar-refractivity contribution is -0.140. The van der Waals surface area contributed by atoms with E-state index in [0.29, 0.717) is 17.1 Å². The largest absolute Gasteiger partial charge is 0.454 e. The first kappa shape index (κ1) is 12.0. The standard InChI is InChI=1S/C13H13NO5/c15-9(6-14-12(16)3-4-13(14)17)8-1-2-10-11(5-8)19-7-18-10/h1-2,5,9,15H,3-4,6-7H2. The van der Waals surface area contributed by atoms with Crippen LogP contribution in [0.2, 0.25) is 0 Å². The summed E-state index contributed by atoms with van der Waals surface area (Å²) in [5.74, 6) is 0.731. The van der Waals surface area contributed by atoms with Gasteiger partial charge in [0.25, 0.3) is 0 Å². The van der Waals surface area contributed by atoms with Crippen molar-refractivity contribution in [2.45, 2.75) is 18.9 Å². The number of fused-ring (bicyclic) bond motifs is 1. The summed E-state index contributed by atoms with van der Waals surface area (Å²) in [6.45, 7) is 0.148. The topological polar surface area (TPSA) is 76.1 Å². The van der Waals surface area contributed by atoms with E-state index < -0.39 is 6.10 Å². The molecular weight excluding hydrogens is 250 g/mol. The first-order valence-corrected chi connectivity index (χ1v) is 6.06. The van der Waals surface area contributed by atoms with E-state index in [-0.39, 0.29) is 38.0 Å². The molecule has 2 aliphatic heterocycles. The van der Waals surface area contributed by atoms with Gasteiger partial charge in [0.05, 0.1) is 12.6 Å². The molecule has 2 aliphatic rings. The average Bonchev–Trinajstić information content (AvgIpc) is 2.99. The Balaban J connectivity index is 1.75. The molecule has 6 heteroatoms. The van der Waals surface area contributed by atoms with Crippen molar-refractivity contribution in [3.8, 4) is 11.5 Å². The van der Waals surface area contributed by atoms with E-state index in [9.17, 15) is 14.7 Å². The Kier molecular flexibility index (Phi) is 2.87. The second-order valence-electron chi connectivity index (χ2n) is 4.53. The van der Waals surface area contributed by atoms with E-state index in [0.717, 1.165) is 4.90 Å². The van der Waals surface area contributed by atoms with Gasteiger partial charge in [-0.1, -0.05) is 6.07 Å².